The van der Waals surface area contributed by atoms with Gasteiger partial charge < -0.3 is 9.47 Å². The van der Waals surface area contributed by atoms with Crippen molar-refractivity contribution in [3.63, 3.8) is 0 Å². The van der Waals surface area contributed by atoms with Gasteiger partial charge in [-0.05, 0) is 74.0 Å². The van der Waals surface area contributed by atoms with Crippen molar-refractivity contribution in [2.24, 2.45) is 5.10 Å². The molecular weight excluding hydrogens is 490 g/mol. The Morgan fingerprint density at radius 2 is 1.77 bits per heavy atom. The summed E-state index contributed by atoms with van der Waals surface area (Å²) in [5, 5.41) is 4.24. The number of sulfonamides is 1. The van der Waals surface area contributed by atoms with Crippen molar-refractivity contribution < 1.29 is 22.7 Å². The maximum absolute atomic E-state index is 13.4. The predicted octanol–water partition coefficient (Wildman–Crippen LogP) is 4.48. The molecule has 10 heteroatoms. The van der Waals surface area contributed by atoms with Gasteiger partial charge >= 0.3 is 0 Å². The van der Waals surface area contributed by atoms with E-state index in [9.17, 15) is 13.2 Å². The van der Waals surface area contributed by atoms with Crippen LogP contribution >= 0.6 is 11.6 Å². The highest BCUT2D eigenvalue weighted by molar-refractivity contribution is 7.92. The molecular formula is C25H26ClN3O5S. The molecule has 0 saturated carbocycles. The molecule has 3 aromatic rings. The van der Waals surface area contributed by atoms with Crippen molar-refractivity contribution in [3.8, 4) is 11.5 Å². The Kier molecular flexibility index (Phi) is 8.73. The molecule has 0 bridgehead atoms. The van der Waals surface area contributed by atoms with Crippen LogP contribution in [0.3, 0.4) is 0 Å². The van der Waals surface area contributed by atoms with Crippen LogP contribution < -0.4 is 19.2 Å². The first-order valence-electron chi connectivity index (χ1n) is 10.7. The first kappa shape index (κ1) is 26.1. The van der Waals surface area contributed by atoms with E-state index in [1.165, 1.54) is 37.6 Å². The molecule has 0 spiro atoms. The first-order chi connectivity index (χ1) is 16.7. The smallest absolute Gasteiger partial charge is 0.264 e. The average molecular weight is 516 g/mol. The number of nitrogens with one attached hydrogen (secondary N) is 1. The van der Waals surface area contributed by atoms with Crippen LogP contribution in [-0.4, -0.2) is 40.3 Å². The zero-order valence-corrected chi connectivity index (χ0v) is 21.1. The highest BCUT2D eigenvalue weighted by Crippen LogP contribution is 2.34. The van der Waals surface area contributed by atoms with E-state index < -0.39 is 22.5 Å². The highest BCUT2D eigenvalue weighted by atomic mass is 35.5. The van der Waals surface area contributed by atoms with Crippen LogP contribution in [0.4, 0.5) is 5.69 Å². The Morgan fingerprint density at radius 1 is 1.09 bits per heavy atom. The second-order valence-corrected chi connectivity index (χ2v) is 9.97. The Hall–Kier alpha value is -3.56. The number of halogens is 1. The molecule has 0 aliphatic heterocycles. The lowest BCUT2D eigenvalue weighted by molar-refractivity contribution is -0.119. The largest absolute Gasteiger partial charge is 0.495 e. The van der Waals surface area contributed by atoms with Crippen LogP contribution in [-0.2, 0) is 14.8 Å². The zero-order chi connectivity index (χ0) is 25.4. The minimum absolute atomic E-state index is 0.0158. The predicted molar refractivity (Wildman–Crippen MR) is 137 cm³/mol. The lowest BCUT2D eigenvalue weighted by Gasteiger charge is -2.25. The Bertz CT molecular complexity index is 1280. The highest BCUT2D eigenvalue weighted by Gasteiger charge is 2.29. The fourth-order valence-electron chi connectivity index (χ4n) is 3.13. The molecule has 0 radical (unpaired) electrons. The third kappa shape index (κ3) is 6.97. The van der Waals surface area contributed by atoms with Crippen LogP contribution in [0.5, 0.6) is 11.5 Å². The molecule has 0 aliphatic rings. The van der Waals surface area contributed by atoms with Crippen LogP contribution in [0.2, 0.25) is 5.02 Å². The molecule has 0 aliphatic carbocycles. The quantitative estimate of drug-likeness (QED) is 0.317. The van der Waals surface area contributed by atoms with Crippen molar-refractivity contribution in [1.29, 1.82) is 0 Å². The third-order valence-electron chi connectivity index (χ3n) is 4.68. The summed E-state index contributed by atoms with van der Waals surface area (Å²) in [6.07, 6.45) is 1.51. The molecule has 184 valence electrons. The second-order valence-electron chi connectivity index (χ2n) is 7.67. The van der Waals surface area contributed by atoms with E-state index >= 15 is 0 Å². The number of ether oxygens (including phenoxy) is 2. The topological polar surface area (TPSA) is 97.3 Å². The SMILES string of the molecule is COc1ccc(Cl)cc1N(CC(=O)N/N=C\c1ccc(OC(C)C)cc1)S(=O)(=O)c1ccccc1. The molecule has 0 unspecified atom stereocenters. The molecule has 0 heterocycles. The molecule has 0 fully saturated rings. The summed E-state index contributed by atoms with van der Waals surface area (Å²) >= 11 is 6.13. The number of methoxy groups -OCH3 is 1. The number of carbonyl (C=O) groups is 1. The standard InChI is InChI=1S/C25H26ClN3O5S/c1-18(2)34-21-12-9-19(10-13-21)16-27-28-25(30)17-29(23-15-20(26)11-14-24(23)33-3)35(31,32)22-7-5-4-6-8-22/h4-16,18H,17H2,1-3H3,(H,28,30)/b27-16-. The summed E-state index contributed by atoms with van der Waals surface area (Å²) in [7, 11) is -2.72. The van der Waals surface area contributed by atoms with Crippen LogP contribution in [0.15, 0.2) is 82.8 Å². The molecule has 3 rings (SSSR count). The molecule has 3 aromatic carbocycles. The normalized spacial score (nSPS) is 11.5. The number of carbonyl (C=O) groups excluding carboxylic acids is 1. The van der Waals surface area contributed by atoms with Gasteiger partial charge in [0.15, 0.2) is 0 Å². The van der Waals surface area contributed by atoms with Crippen LogP contribution in [0, 0.1) is 0 Å². The molecule has 1 N–H and O–H groups in total. The van der Waals surface area contributed by atoms with Crippen molar-refractivity contribution in [2.45, 2.75) is 24.8 Å². The molecule has 1 amide bonds. The van der Waals surface area contributed by atoms with Gasteiger partial charge in [0, 0.05) is 5.02 Å². The van der Waals surface area contributed by atoms with Crippen molar-refractivity contribution in [1.82, 2.24) is 5.43 Å². The zero-order valence-electron chi connectivity index (χ0n) is 19.5. The minimum atomic E-state index is -4.12. The van der Waals surface area contributed by atoms with Crippen molar-refractivity contribution >= 4 is 39.4 Å². The molecule has 0 saturated heterocycles. The number of rotatable bonds is 10. The van der Waals surface area contributed by atoms with Gasteiger partial charge in [0.25, 0.3) is 15.9 Å². The van der Waals surface area contributed by atoms with E-state index in [1.807, 2.05) is 13.8 Å². The van der Waals surface area contributed by atoms with Crippen molar-refractivity contribution in [2.75, 3.05) is 18.0 Å². The first-order valence-corrected chi connectivity index (χ1v) is 12.5. The maximum Gasteiger partial charge on any atom is 0.264 e. The lowest BCUT2D eigenvalue weighted by Crippen LogP contribution is -2.39. The fourth-order valence-corrected chi connectivity index (χ4v) is 4.74. The molecule has 0 aromatic heterocycles. The van der Waals surface area contributed by atoms with Gasteiger partial charge in [0.05, 0.1) is 30.0 Å². The van der Waals surface area contributed by atoms with E-state index in [2.05, 4.69) is 10.5 Å². The van der Waals surface area contributed by atoms with Crippen LogP contribution in [0.1, 0.15) is 19.4 Å². The number of benzene rings is 3. The van der Waals surface area contributed by atoms with Crippen molar-refractivity contribution in [3.05, 3.63) is 83.4 Å². The summed E-state index contributed by atoms with van der Waals surface area (Å²) in [5.74, 6) is 0.315. The van der Waals surface area contributed by atoms with Gasteiger partial charge in [-0.25, -0.2) is 13.8 Å². The van der Waals surface area contributed by atoms with E-state index in [4.69, 9.17) is 21.1 Å². The second kappa shape index (κ2) is 11.7. The third-order valence-corrected chi connectivity index (χ3v) is 6.69. The summed E-state index contributed by atoms with van der Waals surface area (Å²) in [4.78, 5) is 12.7. The molecule has 0 atom stereocenters. The molecule has 8 nitrogen and oxygen atoms in total. The Labute approximate surface area is 210 Å². The molecule has 35 heavy (non-hydrogen) atoms. The summed E-state index contributed by atoms with van der Waals surface area (Å²) < 4.78 is 38.8. The van der Waals surface area contributed by atoms with Gasteiger partial charge in [0.1, 0.15) is 18.0 Å². The summed E-state index contributed by atoms with van der Waals surface area (Å²) in [5.41, 5.74) is 3.23. The number of anilines is 1. The number of hydrazone groups is 1. The minimum Gasteiger partial charge on any atom is -0.495 e. The van der Waals surface area contributed by atoms with E-state index in [0.29, 0.717) is 0 Å². The number of hydrogen-bond donors (Lipinski definition) is 1. The Morgan fingerprint density at radius 3 is 2.40 bits per heavy atom. The van der Waals surface area contributed by atoms with E-state index in [0.717, 1.165) is 15.6 Å². The monoisotopic (exact) mass is 515 g/mol. The number of amides is 1. The number of hydrogen-bond acceptors (Lipinski definition) is 6. The summed E-state index contributed by atoms with van der Waals surface area (Å²) in [6, 6.07) is 19.5. The van der Waals surface area contributed by atoms with Gasteiger partial charge in [-0.1, -0.05) is 29.8 Å². The average Bonchev–Trinajstić information content (AvgIpc) is 2.84. The number of nitrogens with zero attached hydrogens (tertiary/aromatic N) is 2. The van der Waals surface area contributed by atoms with Crippen LogP contribution in [0.25, 0.3) is 0 Å². The van der Waals surface area contributed by atoms with Gasteiger partial charge in [-0.15, -0.1) is 0 Å². The van der Waals surface area contributed by atoms with E-state index in [1.54, 1.807) is 48.5 Å². The van der Waals surface area contributed by atoms with E-state index in [-0.39, 0.29) is 27.5 Å². The van der Waals surface area contributed by atoms with Gasteiger partial charge in [0.2, 0.25) is 0 Å². The maximum atomic E-state index is 13.4. The van der Waals surface area contributed by atoms with Gasteiger partial charge in [-0.3, -0.25) is 9.10 Å². The van der Waals surface area contributed by atoms with Gasteiger partial charge in [-0.2, -0.15) is 5.10 Å². The summed E-state index contributed by atoms with van der Waals surface area (Å²) in [6.45, 7) is 3.32. The lowest BCUT2D eigenvalue weighted by atomic mass is 10.2. The fraction of sp³-hybridized carbons (Fsp3) is 0.200. The Balaban J connectivity index is 1.82.